The summed E-state index contributed by atoms with van der Waals surface area (Å²) >= 11 is 3.42. The molecule has 0 saturated carbocycles. The number of carbonyl (C=O) groups is 1. The predicted octanol–water partition coefficient (Wildman–Crippen LogP) is 3.66. The highest BCUT2D eigenvalue weighted by molar-refractivity contribution is 9.10. The van der Waals surface area contributed by atoms with Crippen molar-refractivity contribution in [1.29, 1.82) is 0 Å². The maximum absolute atomic E-state index is 12.0. The van der Waals surface area contributed by atoms with Gasteiger partial charge in [0.05, 0.1) is 0 Å². The van der Waals surface area contributed by atoms with Crippen LogP contribution >= 0.6 is 15.9 Å². The van der Waals surface area contributed by atoms with Gasteiger partial charge in [-0.3, -0.25) is 9.78 Å². The second-order valence-corrected chi connectivity index (χ2v) is 4.74. The van der Waals surface area contributed by atoms with Crippen LogP contribution in [0, 0.1) is 0 Å². The third-order valence-corrected chi connectivity index (χ3v) is 3.09. The van der Waals surface area contributed by atoms with Crippen molar-refractivity contribution in [1.82, 2.24) is 4.98 Å². The Balaban J connectivity index is 2.22. The molecule has 2 rings (SSSR count). The van der Waals surface area contributed by atoms with E-state index in [1.807, 2.05) is 18.2 Å². The Hall–Kier alpha value is -1.68. The molecule has 0 radical (unpaired) electrons. The highest BCUT2D eigenvalue weighted by Gasteiger charge is 2.09. The number of hydrogen-bond donors (Lipinski definition) is 1. The van der Waals surface area contributed by atoms with Gasteiger partial charge >= 0.3 is 0 Å². The zero-order chi connectivity index (χ0) is 13.0. The summed E-state index contributed by atoms with van der Waals surface area (Å²) in [7, 11) is 0. The Morgan fingerprint density at radius 3 is 2.83 bits per heavy atom. The summed E-state index contributed by atoms with van der Waals surface area (Å²) in [5.74, 6) is -0.187. The first kappa shape index (κ1) is 12.8. The van der Waals surface area contributed by atoms with Crippen molar-refractivity contribution in [2.24, 2.45) is 0 Å². The van der Waals surface area contributed by atoms with Gasteiger partial charge in [-0.2, -0.15) is 0 Å². The molecule has 2 aromatic rings. The van der Waals surface area contributed by atoms with E-state index in [0.29, 0.717) is 5.69 Å². The van der Waals surface area contributed by atoms with E-state index in [0.717, 1.165) is 22.1 Å². The van der Waals surface area contributed by atoms with Crippen LogP contribution in [-0.4, -0.2) is 10.9 Å². The van der Waals surface area contributed by atoms with Crippen LogP contribution in [0.3, 0.4) is 0 Å². The van der Waals surface area contributed by atoms with Gasteiger partial charge in [0.1, 0.15) is 5.69 Å². The summed E-state index contributed by atoms with van der Waals surface area (Å²) in [4.78, 5) is 16.0. The average molecular weight is 305 g/mol. The van der Waals surface area contributed by atoms with Gasteiger partial charge in [0, 0.05) is 16.4 Å². The molecule has 0 bridgehead atoms. The second kappa shape index (κ2) is 5.78. The third kappa shape index (κ3) is 2.96. The highest BCUT2D eigenvalue weighted by atomic mass is 79.9. The zero-order valence-corrected chi connectivity index (χ0v) is 11.6. The number of rotatable bonds is 3. The minimum Gasteiger partial charge on any atom is -0.320 e. The number of amides is 1. The average Bonchev–Trinajstić information content (AvgIpc) is 2.41. The summed E-state index contributed by atoms with van der Waals surface area (Å²) in [5.41, 5.74) is 2.34. The van der Waals surface area contributed by atoms with Crippen molar-refractivity contribution in [2.45, 2.75) is 13.3 Å². The molecule has 3 nitrogen and oxygen atoms in total. The summed E-state index contributed by atoms with van der Waals surface area (Å²) in [6.07, 6.45) is 2.47. The fraction of sp³-hybridized carbons (Fsp3) is 0.143. The normalized spacial score (nSPS) is 10.1. The minimum atomic E-state index is -0.187. The maximum Gasteiger partial charge on any atom is 0.274 e. The molecule has 0 fully saturated rings. The molecule has 1 heterocycles. The van der Waals surface area contributed by atoms with Crippen LogP contribution in [0.15, 0.2) is 47.1 Å². The summed E-state index contributed by atoms with van der Waals surface area (Å²) in [6.45, 7) is 2.05. The van der Waals surface area contributed by atoms with Gasteiger partial charge in [-0.1, -0.05) is 28.9 Å². The van der Waals surface area contributed by atoms with Gasteiger partial charge < -0.3 is 5.32 Å². The van der Waals surface area contributed by atoms with Gasteiger partial charge in [-0.15, -0.1) is 0 Å². The van der Waals surface area contributed by atoms with Crippen LogP contribution in [-0.2, 0) is 6.42 Å². The van der Waals surface area contributed by atoms with Crippen molar-refractivity contribution in [3.63, 3.8) is 0 Å². The Morgan fingerprint density at radius 1 is 1.33 bits per heavy atom. The number of anilines is 1. The van der Waals surface area contributed by atoms with Gasteiger partial charge in [-0.25, -0.2) is 0 Å². The van der Waals surface area contributed by atoms with E-state index in [2.05, 4.69) is 33.2 Å². The SMILES string of the molecule is CCc1cc(Br)ccc1NC(=O)c1ccccn1. The molecule has 1 aromatic carbocycles. The van der Waals surface area contributed by atoms with Crippen LogP contribution < -0.4 is 5.32 Å². The number of nitrogens with zero attached hydrogens (tertiary/aromatic N) is 1. The number of aryl methyl sites for hydroxylation is 1. The Morgan fingerprint density at radius 2 is 2.17 bits per heavy atom. The fourth-order valence-electron chi connectivity index (χ4n) is 1.66. The molecule has 1 N–H and O–H groups in total. The number of hydrogen-bond acceptors (Lipinski definition) is 2. The smallest absolute Gasteiger partial charge is 0.274 e. The molecule has 0 atom stereocenters. The van der Waals surface area contributed by atoms with Crippen molar-refractivity contribution in [3.05, 3.63) is 58.3 Å². The summed E-state index contributed by atoms with van der Waals surface area (Å²) in [5, 5.41) is 2.88. The van der Waals surface area contributed by atoms with Gasteiger partial charge in [-0.05, 0) is 42.3 Å². The fourth-order valence-corrected chi connectivity index (χ4v) is 2.07. The first-order valence-electron chi connectivity index (χ1n) is 5.71. The maximum atomic E-state index is 12.0. The first-order chi connectivity index (χ1) is 8.70. The standard InChI is InChI=1S/C14H13BrN2O/c1-2-10-9-11(15)6-7-12(10)17-14(18)13-5-3-4-8-16-13/h3-9H,2H2,1H3,(H,17,18). The number of benzene rings is 1. The number of nitrogens with one attached hydrogen (secondary N) is 1. The van der Waals surface area contributed by atoms with E-state index in [-0.39, 0.29) is 5.91 Å². The van der Waals surface area contributed by atoms with Crippen molar-refractivity contribution < 1.29 is 4.79 Å². The lowest BCUT2D eigenvalue weighted by Crippen LogP contribution is -2.14. The van der Waals surface area contributed by atoms with Crippen LogP contribution in [0.1, 0.15) is 23.0 Å². The number of halogens is 1. The van der Waals surface area contributed by atoms with E-state index in [4.69, 9.17) is 0 Å². The van der Waals surface area contributed by atoms with E-state index in [9.17, 15) is 4.79 Å². The topological polar surface area (TPSA) is 42.0 Å². The Labute approximate surface area is 114 Å². The summed E-state index contributed by atoms with van der Waals surface area (Å²) < 4.78 is 1.01. The quantitative estimate of drug-likeness (QED) is 0.940. The Bertz CT molecular complexity index is 555. The van der Waals surface area contributed by atoms with Crippen LogP contribution in [0.2, 0.25) is 0 Å². The molecule has 0 aliphatic rings. The van der Waals surface area contributed by atoms with Gasteiger partial charge in [0.2, 0.25) is 0 Å². The van der Waals surface area contributed by atoms with Crippen LogP contribution in [0.5, 0.6) is 0 Å². The third-order valence-electron chi connectivity index (χ3n) is 2.59. The monoisotopic (exact) mass is 304 g/mol. The first-order valence-corrected chi connectivity index (χ1v) is 6.51. The molecule has 18 heavy (non-hydrogen) atoms. The number of pyridine rings is 1. The molecule has 0 spiro atoms. The molecule has 0 aliphatic carbocycles. The van der Waals surface area contributed by atoms with E-state index in [1.54, 1.807) is 24.4 Å². The molecule has 0 saturated heterocycles. The minimum absolute atomic E-state index is 0.187. The van der Waals surface area contributed by atoms with Crippen LogP contribution in [0.25, 0.3) is 0 Å². The molecular formula is C14H13BrN2O. The van der Waals surface area contributed by atoms with E-state index in [1.165, 1.54) is 0 Å². The highest BCUT2D eigenvalue weighted by Crippen LogP contribution is 2.21. The van der Waals surface area contributed by atoms with E-state index >= 15 is 0 Å². The largest absolute Gasteiger partial charge is 0.320 e. The second-order valence-electron chi connectivity index (χ2n) is 3.82. The van der Waals surface area contributed by atoms with Crippen molar-refractivity contribution in [3.8, 4) is 0 Å². The molecule has 1 amide bonds. The zero-order valence-electron chi connectivity index (χ0n) is 9.98. The van der Waals surface area contributed by atoms with E-state index < -0.39 is 0 Å². The van der Waals surface area contributed by atoms with Gasteiger partial charge in [0.15, 0.2) is 0 Å². The lowest BCUT2D eigenvalue weighted by atomic mass is 10.1. The van der Waals surface area contributed by atoms with Crippen molar-refractivity contribution >= 4 is 27.5 Å². The van der Waals surface area contributed by atoms with Crippen molar-refractivity contribution in [2.75, 3.05) is 5.32 Å². The molecule has 92 valence electrons. The van der Waals surface area contributed by atoms with Crippen LogP contribution in [0.4, 0.5) is 5.69 Å². The number of aromatic nitrogens is 1. The molecule has 1 aromatic heterocycles. The molecule has 0 unspecified atom stereocenters. The lowest BCUT2D eigenvalue weighted by Gasteiger charge is -2.09. The predicted molar refractivity (Wildman–Crippen MR) is 75.7 cm³/mol. The summed E-state index contributed by atoms with van der Waals surface area (Å²) in [6, 6.07) is 11.1. The molecule has 4 heteroatoms. The molecular weight excluding hydrogens is 292 g/mol. The molecule has 0 aliphatic heterocycles. The lowest BCUT2D eigenvalue weighted by molar-refractivity contribution is 0.102. The Kier molecular flexibility index (Phi) is 4.10. The van der Waals surface area contributed by atoms with Gasteiger partial charge in [0.25, 0.3) is 5.91 Å². The number of carbonyl (C=O) groups excluding carboxylic acids is 1.